The molecule has 0 saturated heterocycles. The van der Waals surface area contributed by atoms with Gasteiger partial charge < -0.3 is 9.74 Å². The molecule has 0 saturated carbocycles. The van der Waals surface area contributed by atoms with Gasteiger partial charge in [0, 0.05) is 42.2 Å². The fraction of sp³-hybridized carbons (Fsp3) is 0.263. The lowest BCUT2D eigenvalue weighted by Crippen LogP contribution is -2.07. The molecule has 2 aromatic rings. The van der Waals surface area contributed by atoms with Crippen molar-refractivity contribution in [3.05, 3.63) is 63.4 Å². The first-order valence-electron chi connectivity index (χ1n) is 7.94. The summed E-state index contributed by atoms with van der Waals surface area (Å²) in [6.07, 6.45) is 1.76. The molecule has 0 radical (unpaired) electrons. The van der Waals surface area contributed by atoms with E-state index in [9.17, 15) is 4.39 Å². The first-order chi connectivity index (χ1) is 12.0. The molecule has 4 nitrogen and oxygen atoms in total. The van der Waals surface area contributed by atoms with Crippen LogP contribution in [0.25, 0.3) is 0 Å². The number of benzene rings is 2. The Kier molecular flexibility index (Phi) is 5.18. The van der Waals surface area contributed by atoms with Gasteiger partial charge in [-0.1, -0.05) is 39.3 Å². The molecule has 2 aromatic carbocycles. The van der Waals surface area contributed by atoms with Crippen LogP contribution in [-0.4, -0.2) is 31.0 Å². The molecule has 1 unspecified atom stereocenters. The van der Waals surface area contributed by atoms with Crippen LogP contribution in [0, 0.1) is 12.7 Å². The minimum Gasteiger partial charge on any atom is -0.387 e. The molecule has 130 valence electrons. The van der Waals surface area contributed by atoms with Gasteiger partial charge in [-0.05, 0) is 24.6 Å². The van der Waals surface area contributed by atoms with Crippen molar-refractivity contribution in [1.29, 1.82) is 0 Å². The summed E-state index contributed by atoms with van der Waals surface area (Å²) in [5.41, 5.74) is 3.79. The van der Waals surface area contributed by atoms with E-state index in [1.165, 1.54) is 6.07 Å². The van der Waals surface area contributed by atoms with Crippen molar-refractivity contribution < 1.29 is 9.23 Å². The van der Waals surface area contributed by atoms with Crippen LogP contribution < -0.4 is 0 Å². The normalized spacial score (nSPS) is 16.8. The van der Waals surface area contributed by atoms with Crippen LogP contribution in [0.5, 0.6) is 0 Å². The van der Waals surface area contributed by atoms with Crippen LogP contribution in [-0.2, 0) is 4.84 Å². The zero-order valence-electron chi connectivity index (χ0n) is 14.3. The summed E-state index contributed by atoms with van der Waals surface area (Å²) in [6, 6.07) is 11.0. The molecule has 0 aromatic heterocycles. The van der Waals surface area contributed by atoms with Crippen molar-refractivity contribution in [2.24, 2.45) is 10.1 Å². The monoisotopic (exact) mass is 403 g/mol. The van der Waals surface area contributed by atoms with Crippen molar-refractivity contribution in [2.45, 2.75) is 19.4 Å². The summed E-state index contributed by atoms with van der Waals surface area (Å²) in [5, 5.41) is 4.16. The van der Waals surface area contributed by atoms with E-state index in [-0.39, 0.29) is 5.82 Å². The van der Waals surface area contributed by atoms with Crippen molar-refractivity contribution in [3.63, 3.8) is 0 Å². The third kappa shape index (κ3) is 3.90. The maximum absolute atomic E-state index is 14.6. The van der Waals surface area contributed by atoms with E-state index >= 15 is 0 Å². The van der Waals surface area contributed by atoms with Crippen LogP contribution in [0.2, 0.25) is 0 Å². The van der Waals surface area contributed by atoms with Gasteiger partial charge in [-0.15, -0.1) is 0 Å². The zero-order valence-corrected chi connectivity index (χ0v) is 15.9. The Bertz CT molecular complexity index is 849. The third-order valence-corrected chi connectivity index (χ3v) is 4.64. The summed E-state index contributed by atoms with van der Waals surface area (Å²) in [5.74, 6) is -0.329. The summed E-state index contributed by atoms with van der Waals surface area (Å²) in [4.78, 5) is 11.6. The Morgan fingerprint density at radius 3 is 2.80 bits per heavy atom. The molecule has 1 aliphatic heterocycles. The average Bonchev–Trinajstić information content (AvgIpc) is 3.05. The van der Waals surface area contributed by atoms with Crippen LogP contribution >= 0.6 is 15.9 Å². The quantitative estimate of drug-likeness (QED) is 0.532. The molecule has 0 bridgehead atoms. The van der Waals surface area contributed by atoms with Crippen LogP contribution in [0.4, 0.5) is 10.1 Å². The molecule has 1 atom stereocenters. The first-order valence-corrected chi connectivity index (χ1v) is 8.73. The fourth-order valence-corrected chi connectivity index (χ4v) is 3.17. The summed E-state index contributed by atoms with van der Waals surface area (Å²) in [6.45, 7) is 1.91. The van der Waals surface area contributed by atoms with E-state index in [0.29, 0.717) is 17.7 Å². The lowest BCUT2D eigenvalue weighted by Gasteiger charge is -2.12. The van der Waals surface area contributed by atoms with E-state index in [0.717, 1.165) is 21.3 Å². The van der Waals surface area contributed by atoms with Crippen molar-refractivity contribution in [3.8, 4) is 0 Å². The van der Waals surface area contributed by atoms with Crippen molar-refractivity contribution in [2.75, 3.05) is 14.1 Å². The predicted molar refractivity (Wildman–Crippen MR) is 102 cm³/mol. The molecule has 25 heavy (non-hydrogen) atoms. The second-order valence-electron chi connectivity index (χ2n) is 6.18. The number of nitrogens with zero attached hydrogens (tertiary/aromatic N) is 3. The molecule has 1 aliphatic rings. The standard InChI is InChI=1S/C19H19BrFN3O/c1-12-8-14(16(21)9-17(12)22-11-24(2)3)19-10-18(23-25-19)13-6-4-5-7-15(13)20/h4-9,11,19H,10H2,1-3H3/b22-11-. The van der Waals surface area contributed by atoms with E-state index in [2.05, 4.69) is 26.1 Å². The van der Waals surface area contributed by atoms with Gasteiger partial charge in [0.15, 0.2) is 6.10 Å². The number of halogens is 2. The summed E-state index contributed by atoms with van der Waals surface area (Å²) in [7, 11) is 3.74. The van der Waals surface area contributed by atoms with E-state index in [4.69, 9.17) is 4.84 Å². The number of hydrogen-bond acceptors (Lipinski definition) is 3. The molecule has 0 amide bonds. The maximum atomic E-state index is 14.6. The zero-order chi connectivity index (χ0) is 18.0. The third-order valence-electron chi connectivity index (χ3n) is 3.94. The Labute approximate surface area is 155 Å². The number of aliphatic imine (C=N–C) groups is 1. The number of hydrogen-bond donors (Lipinski definition) is 0. The molecular formula is C19H19BrFN3O. The number of rotatable bonds is 4. The van der Waals surface area contributed by atoms with Gasteiger partial charge in [-0.2, -0.15) is 0 Å². The molecule has 3 rings (SSSR count). The Morgan fingerprint density at radius 1 is 1.32 bits per heavy atom. The van der Waals surface area contributed by atoms with Gasteiger partial charge in [-0.25, -0.2) is 9.38 Å². The van der Waals surface area contributed by atoms with Gasteiger partial charge in [0.05, 0.1) is 17.7 Å². The minimum absolute atomic E-state index is 0.329. The first kappa shape index (κ1) is 17.6. The molecular weight excluding hydrogens is 385 g/mol. The van der Waals surface area contributed by atoms with Gasteiger partial charge >= 0.3 is 0 Å². The van der Waals surface area contributed by atoms with E-state index < -0.39 is 6.10 Å². The summed E-state index contributed by atoms with van der Waals surface area (Å²) >= 11 is 3.52. The highest BCUT2D eigenvalue weighted by Gasteiger charge is 2.27. The molecule has 0 spiro atoms. The molecule has 0 fully saturated rings. The lowest BCUT2D eigenvalue weighted by atomic mass is 9.98. The molecule has 0 aliphatic carbocycles. The number of aryl methyl sites for hydroxylation is 1. The largest absolute Gasteiger partial charge is 0.387 e. The van der Waals surface area contributed by atoms with E-state index in [1.807, 2.05) is 50.2 Å². The molecule has 1 heterocycles. The second kappa shape index (κ2) is 7.35. The van der Waals surface area contributed by atoms with E-state index in [1.54, 1.807) is 12.4 Å². The Balaban J connectivity index is 1.82. The molecule has 6 heteroatoms. The highest BCUT2D eigenvalue weighted by molar-refractivity contribution is 9.10. The topological polar surface area (TPSA) is 37.2 Å². The Morgan fingerprint density at radius 2 is 2.08 bits per heavy atom. The Hall–Kier alpha value is -2.21. The SMILES string of the molecule is Cc1cc(C2CC(c3ccccc3Br)=NO2)c(F)cc1/N=C\N(C)C. The minimum atomic E-state index is -0.423. The highest BCUT2D eigenvalue weighted by Crippen LogP contribution is 2.35. The van der Waals surface area contributed by atoms with Crippen LogP contribution in [0.1, 0.15) is 29.2 Å². The predicted octanol–water partition coefficient (Wildman–Crippen LogP) is 4.98. The second-order valence-corrected chi connectivity index (χ2v) is 7.04. The molecule has 0 N–H and O–H groups in total. The average molecular weight is 404 g/mol. The van der Waals surface area contributed by atoms with Gasteiger partial charge in [0.1, 0.15) is 5.82 Å². The summed E-state index contributed by atoms with van der Waals surface area (Å²) < 4.78 is 15.5. The van der Waals surface area contributed by atoms with Crippen LogP contribution in [0.3, 0.4) is 0 Å². The van der Waals surface area contributed by atoms with Gasteiger partial charge in [0.25, 0.3) is 0 Å². The lowest BCUT2D eigenvalue weighted by molar-refractivity contribution is 0.0829. The van der Waals surface area contributed by atoms with Gasteiger partial charge in [-0.3, -0.25) is 0 Å². The smallest absolute Gasteiger partial charge is 0.161 e. The number of oxime groups is 1. The highest BCUT2D eigenvalue weighted by atomic mass is 79.9. The van der Waals surface area contributed by atoms with Gasteiger partial charge in [0.2, 0.25) is 0 Å². The fourth-order valence-electron chi connectivity index (χ4n) is 2.66. The maximum Gasteiger partial charge on any atom is 0.161 e. The van der Waals surface area contributed by atoms with Crippen LogP contribution in [0.15, 0.2) is 51.0 Å². The van der Waals surface area contributed by atoms with Crippen molar-refractivity contribution >= 4 is 33.7 Å². The van der Waals surface area contributed by atoms with Crippen molar-refractivity contribution in [1.82, 2.24) is 4.90 Å².